The maximum Gasteiger partial charge on any atom is 0.328 e. The first-order valence-corrected chi connectivity index (χ1v) is 7.64. The van der Waals surface area contributed by atoms with Crippen LogP contribution in [0.25, 0.3) is 0 Å². The first kappa shape index (κ1) is 15.5. The van der Waals surface area contributed by atoms with Crippen molar-refractivity contribution in [3.63, 3.8) is 0 Å². The third-order valence-corrected chi connectivity index (χ3v) is 3.80. The highest BCUT2D eigenvalue weighted by Crippen LogP contribution is 2.22. The molecule has 0 fully saturated rings. The molecule has 0 aromatic heterocycles. The minimum atomic E-state index is -0.607. The van der Waals surface area contributed by atoms with Gasteiger partial charge in [0, 0.05) is 13.3 Å². The zero-order chi connectivity index (χ0) is 15.2. The predicted molar refractivity (Wildman–Crippen MR) is 81.0 cm³/mol. The molecule has 21 heavy (non-hydrogen) atoms. The molecule has 0 spiro atoms. The first-order chi connectivity index (χ1) is 10.1. The SMILES string of the molecule is CCOC(=O)[C@@H](Cc1ccc2c(c1)CCCC2)NC(C)=O. The third-order valence-electron chi connectivity index (χ3n) is 3.80. The summed E-state index contributed by atoms with van der Waals surface area (Å²) in [5.74, 6) is -0.587. The van der Waals surface area contributed by atoms with E-state index in [2.05, 4.69) is 23.5 Å². The Balaban J connectivity index is 2.11. The van der Waals surface area contributed by atoms with Gasteiger partial charge in [0.25, 0.3) is 0 Å². The Labute approximate surface area is 125 Å². The largest absolute Gasteiger partial charge is 0.464 e. The number of hydrogen-bond donors (Lipinski definition) is 1. The molecule has 0 saturated heterocycles. The van der Waals surface area contributed by atoms with E-state index >= 15 is 0 Å². The highest BCUT2D eigenvalue weighted by molar-refractivity contribution is 5.83. The molecule has 1 atom stereocenters. The number of nitrogens with one attached hydrogen (secondary N) is 1. The van der Waals surface area contributed by atoms with Gasteiger partial charge in [0.15, 0.2) is 0 Å². The van der Waals surface area contributed by atoms with Gasteiger partial charge >= 0.3 is 5.97 Å². The van der Waals surface area contributed by atoms with Gasteiger partial charge in [-0.1, -0.05) is 18.2 Å². The van der Waals surface area contributed by atoms with Gasteiger partial charge in [-0.25, -0.2) is 4.79 Å². The molecule has 2 rings (SSSR count). The van der Waals surface area contributed by atoms with Gasteiger partial charge in [-0.3, -0.25) is 4.79 Å². The molecular weight excluding hydrogens is 266 g/mol. The molecular formula is C17H23NO3. The van der Waals surface area contributed by atoms with Crippen LogP contribution in [0.3, 0.4) is 0 Å². The Morgan fingerprint density at radius 3 is 2.62 bits per heavy atom. The molecule has 1 aromatic rings. The zero-order valence-corrected chi connectivity index (χ0v) is 12.8. The Morgan fingerprint density at radius 2 is 1.95 bits per heavy atom. The fourth-order valence-corrected chi connectivity index (χ4v) is 2.83. The maximum atomic E-state index is 11.9. The molecule has 1 aromatic carbocycles. The van der Waals surface area contributed by atoms with E-state index in [1.807, 2.05) is 0 Å². The molecule has 0 bridgehead atoms. The summed E-state index contributed by atoms with van der Waals surface area (Å²) in [5, 5.41) is 2.68. The first-order valence-electron chi connectivity index (χ1n) is 7.64. The number of amides is 1. The van der Waals surface area contributed by atoms with Crippen molar-refractivity contribution < 1.29 is 14.3 Å². The van der Waals surface area contributed by atoms with E-state index < -0.39 is 6.04 Å². The van der Waals surface area contributed by atoms with Crippen molar-refractivity contribution in [3.05, 3.63) is 34.9 Å². The summed E-state index contributed by atoms with van der Waals surface area (Å²) in [5.41, 5.74) is 3.86. The van der Waals surface area contributed by atoms with Crippen molar-refractivity contribution in [3.8, 4) is 0 Å². The second-order valence-corrected chi connectivity index (χ2v) is 5.52. The summed E-state index contributed by atoms with van der Waals surface area (Å²) in [6.07, 6.45) is 5.20. The lowest BCUT2D eigenvalue weighted by atomic mass is 9.89. The van der Waals surface area contributed by atoms with Gasteiger partial charge in [0.2, 0.25) is 5.91 Å². The molecule has 0 saturated carbocycles. The van der Waals surface area contributed by atoms with Crippen LogP contribution in [0, 0.1) is 0 Å². The van der Waals surface area contributed by atoms with E-state index in [-0.39, 0.29) is 11.9 Å². The summed E-state index contributed by atoms with van der Waals surface area (Å²) in [7, 11) is 0. The second-order valence-electron chi connectivity index (χ2n) is 5.52. The molecule has 0 unspecified atom stereocenters. The van der Waals surface area contributed by atoms with E-state index in [9.17, 15) is 9.59 Å². The van der Waals surface area contributed by atoms with Crippen molar-refractivity contribution in [1.29, 1.82) is 0 Å². The Morgan fingerprint density at radius 1 is 1.24 bits per heavy atom. The van der Waals surface area contributed by atoms with Crippen LogP contribution in [0.2, 0.25) is 0 Å². The summed E-state index contributed by atoms with van der Waals surface area (Å²) in [6.45, 7) is 3.50. The van der Waals surface area contributed by atoms with Crippen LogP contribution in [-0.4, -0.2) is 24.5 Å². The smallest absolute Gasteiger partial charge is 0.328 e. The van der Waals surface area contributed by atoms with Gasteiger partial charge in [-0.2, -0.15) is 0 Å². The molecule has 0 heterocycles. The number of carbonyl (C=O) groups is 2. The van der Waals surface area contributed by atoms with Gasteiger partial charge < -0.3 is 10.1 Å². The summed E-state index contributed by atoms with van der Waals surface area (Å²) >= 11 is 0. The maximum absolute atomic E-state index is 11.9. The summed E-state index contributed by atoms with van der Waals surface area (Å²) in [4.78, 5) is 23.2. The number of fused-ring (bicyclic) bond motifs is 1. The molecule has 114 valence electrons. The van der Waals surface area contributed by atoms with Crippen LogP contribution in [0.5, 0.6) is 0 Å². The van der Waals surface area contributed by atoms with Crippen LogP contribution in [0.4, 0.5) is 0 Å². The molecule has 4 nitrogen and oxygen atoms in total. The molecule has 0 aliphatic heterocycles. The zero-order valence-electron chi connectivity index (χ0n) is 12.8. The van der Waals surface area contributed by atoms with E-state index in [0.29, 0.717) is 13.0 Å². The number of ether oxygens (including phenoxy) is 1. The number of esters is 1. The monoisotopic (exact) mass is 289 g/mol. The molecule has 1 aliphatic rings. The Kier molecular flexibility index (Phi) is 5.37. The Hall–Kier alpha value is -1.84. The van der Waals surface area contributed by atoms with Crippen LogP contribution in [-0.2, 0) is 33.6 Å². The average Bonchev–Trinajstić information content (AvgIpc) is 2.46. The van der Waals surface area contributed by atoms with Crippen LogP contribution >= 0.6 is 0 Å². The number of carbonyl (C=O) groups excluding carboxylic acids is 2. The lowest BCUT2D eigenvalue weighted by Gasteiger charge is -2.19. The van der Waals surface area contributed by atoms with Crippen molar-refractivity contribution in [1.82, 2.24) is 5.32 Å². The van der Waals surface area contributed by atoms with Gasteiger partial charge in [0.05, 0.1) is 6.61 Å². The minimum Gasteiger partial charge on any atom is -0.464 e. The predicted octanol–water partition coefficient (Wildman–Crippen LogP) is 2.18. The van der Waals surface area contributed by atoms with Crippen molar-refractivity contribution in [2.45, 2.75) is 52.0 Å². The van der Waals surface area contributed by atoms with Gasteiger partial charge in [-0.05, 0) is 49.3 Å². The second kappa shape index (κ2) is 7.25. The van der Waals surface area contributed by atoms with Gasteiger partial charge in [0.1, 0.15) is 6.04 Å². The average molecular weight is 289 g/mol. The summed E-state index contributed by atoms with van der Waals surface area (Å²) in [6, 6.07) is 5.77. The lowest BCUT2D eigenvalue weighted by Crippen LogP contribution is -2.42. The highest BCUT2D eigenvalue weighted by atomic mass is 16.5. The topological polar surface area (TPSA) is 55.4 Å². The highest BCUT2D eigenvalue weighted by Gasteiger charge is 2.21. The summed E-state index contributed by atoms with van der Waals surface area (Å²) < 4.78 is 5.04. The van der Waals surface area contributed by atoms with E-state index in [1.165, 1.54) is 30.9 Å². The van der Waals surface area contributed by atoms with Crippen molar-refractivity contribution in [2.24, 2.45) is 0 Å². The number of benzene rings is 1. The fourth-order valence-electron chi connectivity index (χ4n) is 2.83. The van der Waals surface area contributed by atoms with Crippen molar-refractivity contribution >= 4 is 11.9 Å². The number of aryl methyl sites for hydroxylation is 2. The third kappa shape index (κ3) is 4.31. The normalized spacial score (nSPS) is 15.0. The molecule has 1 N–H and O–H groups in total. The Bertz CT molecular complexity index is 525. The van der Waals surface area contributed by atoms with E-state index in [1.54, 1.807) is 6.92 Å². The molecule has 1 aliphatic carbocycles. The van der Waals surface area contributed by atoms with Crippen LogP contribution in [0.1, 0.15) is 43.4 Å². The quantitative estimate of drug-likeness (QED) is 0.845. The number of hydrogen-bond acceptors (Lipinski definition) is 3. The standard InChI is InChI=1S/C17H23NO3/c1-3-21-17(20)16(18-12(2)19)11-13-8-9-14-6-4-5-7-15(14)10-13/h8-10,16H,3-7,11H2,1-2H3,(H,18,19)/t16-/m1/s1. The number of rotatable bonds is 5. The van der Waals surface area contributed by atoms with Gasteiger partial charge in [-0.15, -0.1) is 0 Å². The molecule has 0 radical (unpaired) electrons. The van der Waals surface area contributed by atoms with Crippen LogP contribution in [0.15, 0.2) is 18.2 Å². The van der Waals surface area contributed by atoms with Crippen molar-refractivity contribution in [2.75, 3.05) is 6.61 Å². The minimum absolute atomic E-state index is 0.217. The fraction of sp³-hybridized carbons (Fsp3) is 0.529. The molecule has 4 heteroatoms. The lowest BCUT2D eigenvalue weighted by molar-refractivity contribution is -0.147. The van der Waals surface area contributed by atoms with Crippen LogP contribution < -0.4 is 5.32 Å². The van der Waals surface area contributed by atoms with E-state index in [0.717, 1.165) is 18.4 Å². The van der Waals surface area contributed by atoms with E-state index in [4.69, 9.17) is 4.74 Å². The molecule has 1 amide bonds.